The monoisotopic (exact) mass is 347 g/mol. The van der Waals surface area contributed by atoms with Crippen molar-refractivity contribution in [3.05, 3.63) is 35.4 Å². The molecule has 1 aromatic rings. The van der Waals surface area contributed by atoms with Crippen molar-refractivity contribution in [2.45, 2.75) is 30.4 Å². The van der Waals surface area contributed by atoms with Gasteiger partial charge in [0, 0.05) is 12.1 Å². The van der Waals surface area contributed by atoms with Crippen LogP contribution in [0.1, 0.15) is 28.8 Å². The quantitative estimate of drug-likeness (QED) is 0.872. The number of benzene rings is 1. The van der Waals surface area contributed by atoms with Crippen molar-refractivity contribution in [1.82, 2.24) is 4.90 Å². The smallest absolute Gasteiger partial charge is 0.337 e. The van der Waals surface area contributed by atoms with Gasteiger partial charge in [0.1, 0.15) is 6.04 Å². The minimum Gasteiger partial charge on any atom is -0.480 e. The van der Waals surface area contributed by atoms with Gasteiger partial charge in [-0.05, 0) is 30.5 Å². The Morgan fingerprint density at radius 2 is 1.87 bits per heavy atom. The lowest BCUT2D eigenvalue weighted by atomic mass is 10.1. The zero-order valence-electron chi connectivity index (χ0n) is 12.0. The van der Waals surface area contributed by atoms with Crippen LogP contribution in [0.15, 0.2) is 24.3 Å². The van der Waals surface area contributed by atoms with Crippen LogP contribution in [0.25, 0.3) is 0 Å². The zero-order valence-corrected chi connectivity index (χ0v) is 12.8. The first-order valence-corrected chi connectivity index (χ1v) is 8.56. The summed E-state index contributed by atoms with van der Waals surface area (Å²) in [5.74, 6) is -5.82. The number of sulfone groups is 1. The fraction of sp³-hybridized carbons (Fsp3) is 0.429. The molecule has 1 unspecified atom stereocenters. The molecule has 0 bridgehead atoms. The van der Waals surface area contributed by atoms with Crippen LogP contribution in [-0.2, 0) is 20.4 Å². The molecule has 23 heavy (non-hydrogen) atoms. The summed E-state index contributed by atoms with van der Waals surface area (Å²) in [5, 5.41) is 9.07. The minimum absolute atomic E-state index is 0.137. The summed E-state index contributed by atoms with van der Waals surface area (Å²) < 4.78 is 47.0. The molecule has 1 N–H and O–H groups in total. The number of hydrogen-bond acceptors (Lipinski definition) is 4. The van der Waals surface area contributed by atoms with Crippen molar-refractivity contribution in [1.29, 1.82) is 0 Å². The lowest BCUT2D eigenvalue weighted by Gasteiger charge is -2.21. The van der Waals surface area contributed by atoms with E-state index in [9.17, 15) is 26.8 Å². The lowest BCUT2D eigenvalue weighted by Crippen LogP contribution is -2.40. The van der Waals surface area contributed by atoms with Crippen LogP contribution in [-0.4, -0.2) is 48.6 Å². The molecule has 0 spiro atoms. The first kappa shape index (κ1) is 17.3. The van der Waals surface area contributed by atoms with Crippen LogP contribution in [0.3, 0.4) is 0 Å². The van der Waals surface area contributed by atoms with Gasteiger partial charge in [0.15, 0.2) is 0 Å². The SMILES string of the molecule is O=C(O)C1CCCN1C(=O)c1ccc(CS(=O)(=O)C(F)F)cc1. The van der Waals surface area contributed by atoms with Gasteiger partial charge in [-0.2, -0.15) is 8.78 Å². The first-order valence-electron chi connectivity index (χ1n) is 6.85. The van der Waals surface area contributed by atoms with Crippen LogP contribution in [0.4, 0.5) is 8.78 Å². The molecule has 0 aromatic heterocycles. The van der Waals surface area contributed by atoms with Gasteiger partial charge in [-0.25, -0.2) is 13.2 Å². The molecule has 1 atom stereocenters. The van der Waals surface area contributed by atoms with Crippen LogP contribution >= 0.6 is 0 Å². The van der Waals surface area contributed by atoms with E-state index >= 15 is 0 Å². The van der Waals surface area contributed by atoms with Gasteiger partial charge in [-0.15, -0.1) is 0 Å². The van der Waals surface area contributed by atoms with E-state index in [1.54, 1.807) is 0 Å². The van der Waals surface area contributed by atoms with Gasteiger partial charge in [0.25, 0.3) is 5.91 Å². The highest BCUT2D eigenvalue weighted by Crippen LogP contribution is 2.21. The Bertz CT molecular complexity index is 702. The second-order valence-corrected chi connectivity index (χ2v) is 7.23. The molecule has 1 heterocycles. The molecule has 1 aromatic carbocycles. The van der Waals surface area contributed by atoms with E-state index in [1.165, 1.54) is 29.2 Å². The first-order chi connectivity index (χ1) is 10.7. The van der Waals surface area contributed by atoms with Crippen molar-refractivity contribution < 1.29 is 31.9 Å². The number of carbonyl (C=O) groups is 2. The van der Waals surface area contributed by atoms with E-state index in [0.29, 0.717) is 19.4 Å². The van der Waals surface area contributed by atoms with Crippen molar-refractivity contribution in [3.8, 4) is 0 Å². The molecule has 1 aliphatic rings. The molecule has 0 radical (unpaired) electrons. The van der Waals surface area contributed by atoms with Crippen molar-refractivity contribution in [2.75, 3.05) is 6.54 Å². The number of carboxylic acid groups (broad SMARTS) is 1. The second-order valence-electron chi connectivity index (χ2n) is 5.26. The lowest BCUT2D eigenvalue weighted by molar-refractivity contribution is -0.141. The Morgan fingerprint density at radius 1 is 1.26 bits per heavy atom. The average Bonchev–Trinajstić information content (AvgIpc) is 2.96. The topological polar surface area (TPSA) is 91.8 Å². The Hall–Kier alpha value is -2.03. The minimum atomic E-state index is -4.53. The summed E-state index contributed by atoms with van der Waals surface area (Å²) in [5.41, 5.74) is 0.328. The summed E-state index contributed by atoms with van der Waals surface area (Å²) in [6, 6.07) is 4.31. The van der Waals surface area contributed by atoms with E-state index in [1.807, 2.05) is 0 Å². The van der Waals surface area contributed by atoms with Crippen molar-refractivity contribution >= 4 is 21.7 Å². The van der Waals surface area contributed by atoms with E-state index in [2.05, 4.69) is 0 Å². The Kier molecular flexibility index (Phi) is 4.98. The maximum atomic E-state index is 12.3. The Labute approximate surface area is 131 Å². The number of carboxylic acids is 1. The molecule has 1 saturated heterocycles. The number of amides is 1. The summed E-state index contributed by atoms with van der Waals surface area (Å²) in [4.78, 5) is 24.6. The third-order valence-corrected chi connectivity index (χ3v) is 4.92. The van der Waals surface area contributed by atoms with E-state index < -0.39 is 39.3 Å². The van der Waals surface area contributed by atoms with E-state index in [0.717, 1.165) is 0 Å². The highest BCUT2D eigenvalue weighted by atomic mass is 32.2. The normalized spacial score (nSPS) is 18.4. The predicted molar refractivity (Wildman–Crippen MR) is 76.8 cm³/mol. The van der Waals surface area contributed by atoms with Crippen LogP contribution < -0.4 is 0 Å². The Morgan fingerprint density at radius 3 is 2.39 bits per heavy atom. The maximum absolute atomic E-state index is 12.3. The second kappa shape index (κ2) is 6.61. The molecule has 1 aliphatic heterocycles. The predicted octanol–water partition coefficient (Wildman–Crippen LogP) is 1.51. The zero-order chi connectivity index (χ0) is 17.2. The number of hydrogen-bond donors (Lipinski definition) is 1. The fourth-order valence-corrected chi connectivity index (χ4v) is 3.25. The van der Waals surface area contributed by atoms with Gasteiger partial charge in [-0.3, -0.25) is 4.79 Å². The molecular formula is C14H15F2NO5S. The van der Waals surface area contributed by atoms with Crippen LogP contribution in [0, 0.1) is 0 Å². The molecule has 1 amide bonds. The van der Waals surface area contributed by atoms with Gasteiger partial charge in [0.05, 0.1) is 5.75 Å². The van der Waals surface area contributed by atoms with Gasteiger partial charge < -0.3 is 10.0 Å². The van der Waals surface area contributed by atoms with Crippen LogP contribution in [0.2, 0.25) is 0 Å². The standard InChI is InChI=1S/C14H15F2NO5S/c15-14(16)23(21,22)8-9-3-5-10(6-4-9)12(18)17-7-1-2-11(17)13(19)20/h3-6,11,14H,1-2,7-8H2,(H,19,20). The number of aliphatic carboxylic acids is 1. The van der Waals surface area contributed by atoms with E-state index in [-0.39, 0.29) is 11.1 Å². The van der Waals surface area contributed by atoms with Crippen molar-refractivity contribution in [2.24, 2.45) is 0 Å². The molecule has 1 fully saturated rings. The number of halogens is 2. The summed E-state index contributed by atoms with van der Waals surface area (Å²) in [7, 11) is -4.53. The fourth-order valence-electron chi connectivity index (χ4n) is 2.47. The number of rotatable bonds is 5. The summed E-state index contributed by atoms with van der Waals surface area (Å²) in [6.07, 6.45) is 0.971. The largest absolute Gasteiger partial charge is 0.480 e. The third kappa shape index (κ3) is 3.84. The van der Waals surface area contributed by atoms with Gasteiger partial charge >= 0.3 is 11.7 Å². The Balaban J connectivity index is 2.13. The van der Waals surface area contributed by atoms with Crippen molar-refractivity contribution in [3.63, 3.8) is 0 Å². The van der Waals surface area contributed by atoms with E-state index in [4.69, 9.17) is 5.11 Å². The average molecular weight is 347 g/mol. The number of alkyl halides is 2. The molecule has 6 nitrogen and oxygen atoms in total. The van der Waals surface area contributed by atoms with Gasteiger partial charge in [0.2, 0.25) is 9.84 Å². The number of likely N-dealkylation sites (tertiary alicyclic amines) is 1. The highest BCUT2D eigenvalue weighted by Gasteiger charge is 2.34. The number of nitrogens with zero attached hydrogens (tertiary/aromatic N) is 1. The number of carbonyl (C=O) groups excluding carboxylic acids is 1. The van der Waals surface area contributed by atoms with Gasteiger partial charge in [-0.1, -0.05) is 12.1 Å². The molecule has 2 rings (SSSR count). The highest BCUT2D eigenvalue weighted by molar-refractivity contribution is 7.90. The third-order valence-electron chi connectivity index (χ3n) is 3.64. The molecule has 126 valence electrons. The molecular weight excluding hydrogens is 332 g/mol. The summed E-state index contributed by atoms with van der Waals surface area (Å²) in [6.45, 7) is 0.331. The molecule has 0 saturated carbocycles. The van der Waals surface area contributed by atoms with Crippen LogP contribution in [0.5, 0.6) is 0 Å². The molecule has 9 heteroatoms. The maximum Gasteiger partial charge on any atom is 0.337 e. The molecule has 0 aliphatic carbocycles. The summed E-state index contributed by atoms with van der Waals surface area (Å²) >= 11 is 0.